The molecule has 1 N–H and O–H groups in total. The van der Waals surface area contributed by atoms with Crippen LogP contribution in [0.25, 0.3) is 0 Å². The molecule has 0 fully saturated rings. The van der Waals surface area contributed by atoms with Gasteiger partial charge in [0.2, 0.25) is 5.43 Å². The maximum Gasteiger partial charge on any atom is 0.421 e. The topological polar surface area (TPSA) is 59.2 Å². The molecule has 0 spiro atoms. The molecule has 0 amide bonds. The minimum Gasteiger partial charge on any atom is -0.464 e. The van der Waals surface area contributed by atoms with Crippen LogP contribution in [-0.4, -0.2) is 18.1 Å². The molecule has 18 heavy (non-hydrogen) atoms. The molecule has 9 heteroatoms. The molecule has 4 nitrogen and oxygen atoms in total. The molecule has 100 valence electrons. The van der Waals surface area contributed by atoms with Crippen LogP contribution in [0.2, 0.25) is 0 Å². The fourth-order valence-electron chi connectivity index (χ4n) is 1.24. The van der Waals surface area contributed by atoms with Crippen LogP contribution in [0, 0.1) is 0 Å². The average Bonchev–Trinajstić information content (AvgIpc) is 2.25. The molecule has 0 aliphatic heterocycles. The summed E-state index contributed by atoms with van der Waals surface area (Å²) in [7, 11) is 0.841. The van der Waals surface area contributed by atoms with Gasteiger partial charge in [0.1, 0.15) is 11.3 Å². The minimum absolute atomic E-state index is 0.153. The Bertz CT molecular complexity index is 520. The molecule has 0 aromatic carbocycles. The van der Waals surface area contributed by atoms with E-state index in [0.29, 0.717) is 0 Å². The van der Waals surface area contributed by atoms with Crippen LogP contribution in [0.4, 0.5) is 22.0 Å². The number of ether oxygens (including phenoxy) is 1. The third-order valence-electron chi connectivity index (χ3n) is 2.03. The summed E-state index contributed by atoms with van der Waals surface area (Å²) in [5.41, 5.74) is -6.30. The predicted molar refractivity (Wildman–Crippen MR) is 48.4 cm³/mol. The molecule has 0 aliphatic rings. The minimum atomic E-state index is -5.09. The number of halogens is 5. The molecule has 1 aromatic heterocycles. The number of esters is 1. The lowest BCUT2D eigenvalue weighted by Gasteiger charge is -2.10. The van der Waals surface area contributed by atoms with E-state index in [-0.39, 0.29) is 6.20 Å². The predicted octanol–water partition coefficient (Wildman–Crippen LogP) is 2.12. The average molecular weight is 271 g/mol. The number of nitrogens with one attached hydrogen (secondary N) is 1. The third kappa shape index (κ3) is 2.49. The first-order valence-corrected chi connectivity index (χ1v) is 4.39. The van der Waals surface area contributed by atoms with Crippen LogP contribution in [0.15, 0.2) is 11.0 Å². The number of rotatable bonds is 2. The first kappa shape index (κ1) is 14.1. The Kier molecular flexibility index (Phi) is 3.73. The summed E-state index contributed by atoms with van der Waals surface area (Å²) < 4.78 is 66.2. The zero-order valence-electron chi connectivity index (χ0n) is 8.77. The Morgan fingerprint density at radius 3 is 2.33 bits per heavy atom. The number of methoxy groups -OCH3 is 1. The van der Waals surface area contributed by atoms with Crippen molar-refractivity contribution >= 4 is 5.97 Å². The van der Waals surface area contributed by atoms with E-state index in [2.05, 4.69) is 4.74 Å². The van der Waals surface area contributed by atoms with Gasteiger partial charge < -0.3 is 9.72 Å². The van der Waals surface area contributed by atoms with Crippen molar-refractivity contribution in [3.63, 3.8) is 0 Å². The number of hydrogen-bond donors (Lipinski definition) is 1. The Hall–Kier alpha value is -1.93. The summed E-state index contributed by atoms with van der Waals surface area (Å²) in [6.07, 6.45) is -8.48. The summed E-state index contributed by atoms with van der Waals surface area (Å²) in [4.78, 5) is 24.0. The molecular formula is C9H6F5NO3. The van der Waals surface area contributed by atoms with E-state index in [9.17, 15) is 31.5 Å². The van der Waals surface area contributed by atoms with Crippen molar-refractivity contribution in [3.05, 3.63) is 33.2 Å². The molecule has 0 unspecified atom stereocenters. The zero-order valence-corrected chi connectivity index (χ0v) is 8.77. The third-order valence-corrected chi connectivity index (χ3v) is 2.03. The lowest BCUT2D eigenvalue weighted by molar-refractivity contribution is -0.138. The number of carbonyl (C=O) groups excluding carboxylic acids is 1. The first-order chi connectivity index (χ1) is 8.20. The molecule has 1 heterocycles. The molecule has 0 bridgehead atoms. The number of aromatic nitrogens is 1. The molecule has 0 saturated heterocycles. The zero-order chi connectivity index (χ0) is 14.1. The number of alkyl halides is 5. The molecule has 1 aromatic rings. The van der Waals surface area contributed by atoms with E-state index in [1.165, 1.54) is 0 Å². The second-order valence-corrected chi connectivity index (χ2v) is 3.11. The van der Waals surface area contributed by atoms with Crippen LogP contribution < -0.4 is 5.43 Å². The Morgan fingerprint density at radius 2 is 1.94 bits per heavy atom. The van der Waals surface area contributed by atoms with Gasteiger partial charge in [-0.25, -0.2) is 13.6 Å². The van der Waals surface area contributed by atoms with Gasteiger partial charge in [-0.2, -0.15) is 13.2 Å². The Balaban J connectivity index is 3.58. The summed E-state index contributed by atoms with van der Waals surface area (Å²) in [6.45, 7) is 0. The summed E-state index contributed by atoms with van der Waals surface area (Å²) >= 11 is 0. The molecule has 0 radical (unpaired) electrons. The molecule has 1 rings (SSSR count). The highest BCUT2D eigenvalue weighted by Gasteiger charge is 2.37. The first-order valence-electron chi connectivity index (χ1n) is 4.39. The van der Waals surface area contributed by atoms with E-state index < -0.39 is 40.8 Å². The SMILES string of the molecule is COC(=O)c1[nH]cc(C(F)(F)F)c(=O)c1C(F)F. The van der Waals surface area contributed by atoms with Crippen LogP contribution in [0.3, 0.4) is 0 Å². The maximum absolute atomic E-state index is 12.6. The molecule has 0 atom stereocenters. The van der Waals surface area contributed by atoms with Gasteiger partial charge in [-0.15, -0.1) is 0 Å². The highest BCUT2D eigenvalue weighted by Crippen LogP contribution is 2.28. The number of pyridine rings is 1. The molecule has 0 saturated carbocycles. The van der Waals surface area contributed by atoms with Crippen molar-refractivity contribution in [3.8, 4) is 0 Å². The molecule has 0 aliphatic carbocycles. The normalized spacial score (nSPS) is 11.7. The van der Waals surface area contributed by atoms with Crippen LogP contribution in [0.5, 0.6) is 0 Å². The van der Waals surface area contributed by atoms with E-state index in [1.807, 2.05) is 0 Å². The van der Waals surface area contributed by atoms with Gasteiger partial charge in [0, 0.05) is 6.20 Å². The Labute approximate surface area is 96.4 Å². The van der Waals surface area contributed by atoms with Crippen LogP contribution in [-0.2, 0) is 10.9 Å². The maximum atomic E-state index is 12.6. The van der Waals surface area contributed by atoms with Crippen molar-refractivity contribution < 1.29 is 31.5 Å². The highest BCUT2D eigenvalue weighted by molar-refractivity contribution is 5.88. The van der Waals surface area contributed by atoms with E-state index >= 15 is 0 Å². The molecular weight excluding hydrogens is 265 g/mol. The van der Waals surface area contributed by atoms with Crippen molar-refractivity contribution in [1.82, 2.24) is 4.98 Å². The highest BCUT2D eigenvalue weighted by atomic mass is 19.4. The van der Waals surface area contributed by atoms with Crippen LogP contribution in [0.1, 0.15) is 28.0 Å². The number of H-pyrrole nitrogens is 1. The standard InChI is InChI=1S/C9H6F5NO3/c1-18-8(17)5-4(7(10)11)6(16)3(2-15-5)9(12,13)14/h2,7H,1H3,(H,15,16). The fraction of sp³-hybridized carbons (Fsp3) is 0.333. The smallest absolute Gasteiger partial charge is 0.421 e. The van der Waals surface area contributed by atoms with Crippen LogP contribution >= 0.6 is 0 Å². The lowest BCUT2D eigenvalue weighted by atomic mass is 10.1. The van der Waals surface area contributed by atoms with Gasteiger partial charge >= 0.3 is 12.1 Å². The summed E-state index contributed by atoms with van der Waals surface area (Å²) in [5.74, 6) is -1.35. The quantitative estimate of drug-likeness (QED) is 0.662. The van der Waals surface area contributed by atoms with Gasteiger partial charge in [-0.05, 0) is 0 Å². The van der Waals surface area contributed by atoms with E-state index in [4.69, 9.17) is 0 Å². The largest absolute Gasteiger partial charge is 0.464 e. The van der Waals surface area contributed by atoms with Gasteiger partial charge in [-0.1, -0.05) is 0 Å². The number of hydrogen-bond acceptors (Lipinski definition) is 3. The lowest BCUT2D eigenvalue weighted by Crippen LogP contribution is -2.26. The number of aromatic amines is 1. The van der Waals surface area contributed by atoms with Crippen molar-refractivity contribution in [2.45, 2.75) is 12.6 Å². The summed E-state index contributed by atoms with van der Waals surface area (Å²) in [5, 5.41) is 0. The van der Waals surface area contributed by atoms with Gasteiger partial charge in [0.25, 0.3) is 6.43 Å². The second-order valence-electron chi connectivity index (χ2n) is 3.11. The van der Waals surface area contributed by atoms with Gasteiger partial charge in [0.05, 0.1) is 12.7 Å². The van der Waals surface area contributed by atoms with E-state index in [0.717, 1.165) is 7.11 Å². The summed E-state index contributed by atoms with van der Waals surface area (Å²) in [6, 6.07) is 0. The van der Waals surface area contributed by atoms with Crippen molar-refractivity contribution in [1.29, 1.82) is 0 Å². The second kappa shape index (κ2) is 4.75. The number of carbonyl (C=O) groups is 1. The fourth-order valence-corrected chi connectivity index (χ4v) is 1.24. The van der Waals surface area contributed by atoms with Crippen molar-refractivity contribution in [2.24, 2.45) is 0 Å². The van der Waals surface area contributed by atoms with Crippen molar-refractivity contribution in [2.75, 3.05) is 7.11 Å². The van der Waals surface area contributed by atoms with Gasteiger partial charge in [0.15, 0.2) is 0 Å². The van der Waals surface area contributed by atoms with Gasteiger partial charge in [-0.3, -0.25) is 4.79 Å². The Morgan fingerprint density at radius 1 is 1.39 bits per heavy atom. The monoisotopic (exact) mass is 271 g/mol. The van der Waals surface area contributed by atoms with E-state index in [1.54, 1.807) is 4.98 Å².